The minimum Gasteiger partial charge on any atom is -0.598 e. The highest BCUT2D eigenvalue weighted by atomic mass is 35.5. The van der Waals surface area contributed by atoms with Gasteiger partial charge in [-0.3, -0.25) is 4.79 Å². The van der Waals surface area contributed by atoms with Crippen LogP contribution in [0, 0.1) is 12.8 Å². The first kappa shape index (κ1) is 25.6. The van der Waals surface area contributed by atoms with E-state index >= 15 is 0 Å². The first-order valence-corrected chi connectivity index (χ1v) is 12.6. The Hall–Kier alpha value is -1.03. The highest BCUT2D eigenvalue weighted by Gasteiger charge is 2.41. The Bertz CT molecular complexity index is 836. The molecule has 0 bridgehead atoms. The number of carbonyl (C=O) groups excluding carboxylic acids is 1. The van der Waals surface area contributed by atoms with E-state index in [0.29, 0.717) is 36.5 Å². The van der Waals surface area contributed by atoms with Gasteiger partial charge in [0.05, 0.1) is 12.6 Å². The second-order valence-electron chi connectivity index (χ2n) is 10.1. The molecule has 2 aliphatic heterocycles. The van der Waals surface area contributed by atoms with Crippen molar-refractivity contribution < 1.29 is 23.9 Å². The van der Waals surface area contributed by atoms with Crippen molar-refractivity contribution in [3.05, 3.63) is 28.3 Å². The summed E-state index contributed by atoms with van der Waals surface area (Å²) in [6.07, 6.45) is 0.845. The fourth-order valence-electron chi connectivity index (χ4n) is 4.11. The van der Waals surface area contributed by atoms with Crippen LogP contribution in [0.15, 0.2) is 12.1 Å². The number of ether oxygens (including phenoxy) is 2. The summed E-state index contributed by atoms with van der Waals surface area (Å²) in [5, 5.41) is 11.1. The Balaban J connectivity index is 1.75. The van der Waals surface area contributed by atoms with Crippen LogP contribution in [0.4, 0.5) is 0 Å². The zero-order chi connectivity index (χ0) is 23.8. The molecule has 0 spiro atoms. The largest absolute Gasteiger partial charge is 0.598 e. The molecule has 2 aliphatic rings. The highest BCUT2D eigenvalue weighted by Crippen LogP contribution is 2.39. The SMILES string of the molecule is Cc1cc([C@H](N[S+]([O-])C(C)(C)C)C2CCN(C(=O)C3COC(C)(C)O3)CC2)c(O)cc1Cl. The quantitative estimate of drug-likeness (QED) is 0.614. The Morgan fingerprint density at radius 1 is 1.34 bits per heavy atom. The number of benzene rings is 1. The molecule has 7 nitrogen and oxygen atoms in total. The van der Waals surface area contributed by atoms with Crippen LogP contribution in [0.1, 0.15) is 64.6 Å². The van der Waals surface area contributed by atoms with Crippen molar-refractivity contribution >= 4 is 28.9 Å². The van der Waals surface area contributed by atoms with Crippen LogP contribution in [0.2, 0.25) is 5.02 Å². The Morgan fingerprint density at radius 3 is 2.50 bits per heavy atom. The summed E-state index contributed by atoms with van der Waals surface area (Å²) >= 11 is 4.86. The van der Waals surface area contributed by atoms with E-state index in [1.807, 2.05) is 38.7 Å². The molecule has 0 saturated carbocycles. The molecule has 3 atom stereocenters. The van der Waals surface area contributed by atoms with E-state index in [1.165, 1.54) is 0 Å². The second-order valence-corrected chi connectivity index (χ2v) is 12.5. The molecule has 0 radical (unpaired) electrons. The summed E-state index contributed by atoms with van der Waals surface area (Å²) in [6.45, 7) is 12.6. The van der Waals surface area contributed by atoms with Gasteiger partial charge in [0, 0.05) is 35.0 Å². The van der Waals surface area contributed by atoms with Crippen molar-refractivity contribution in [2.24, 2.45) is 5.92 Å². The summed E-state index contributed by atoms with van der Waals surface area (Å²) < 4.78 is 27.0. The fraction of sp³-hybridized carbons (Fsp3) is 0.696. The summed E-state index contributed by atoms with van der Waals surface area (Å²) in [5.41, 5.74) is 1.53. The number of aromatic hydroxyl groups is 1. The molecule has 9 heteroatoms. The van der Waals surface area contributed by atoms with Crippen LogP contribution in [0.5, 0.6) is 5.75 Å². The number of hydrogen-bond donors (Lipinski definition) is 2. The van der Waals surface area contributed by atoms with E-state index in [9.17, 15) is 14.5 Å². The molecule has 0 aliphatic carbocycles. The van der Waals surface area contributed by atoms with E-state index in [0.717, 1.165) is 5.56 Å². The number of likely N-dealkylation sites (tertiary alicyclic amines) is 1. The molecule has 180 valence electrons. The number of phenols is 1. The number of halogens is 1. The number of phenolic OH excluding ortho intramolecular Hbond substituents is 1. The molecule has 0 aromatic heterocycles. The predicted molar refractivity (Wildman–Crippen MR) is 126 cm³/mol. The predicted octanol–water partition coefficient (Wildman–Crippen LogP) is 3.84. The maximum absolute atomic E-state index is 13.0. The number of amides is 1. The van der Waals surface area contributed by atoms with Crippen molar-refractivity contribution in [2.45, 2.75) is 77.1 Å². The average Bonchev–Trinajstić information content (AvgIpc) is 3.07. The maximum Gasteiger partial charge on any atom is 0.254 e. The van der Waals surface area contributed by atoms with Crippen molar-refractivity contribution in [2.75, 3.05) is 19.7 Å². The zero-order valence-electron chi connectivity index (χ0n) is 19.7. The summed E-state index contributed by atoms with van der Waals surface area (Å²) in [5.74, 6) is -0.619. The third kappa shape index (κ3) is 5.90. The second kappa shape index (κ2) is 9.68. The first-order valence-electron chi connectivity index (χ1n) is 11.1. The van der Waals surface area contributed by atoms with E-state index in [2.05, 4.69) is 4.72 Å². The van der Waals surface area contributed by atoms with Gasteiger partial charge in [-0.1, -0.05) is 11.6 Å². The standard InChI is InChI=1S/C23H35ClN2O5S/c1-14-11-16(18(27)12-17(14)24)20(25-32(29)22(2,3)4)15-7-9-26(10-8-15)21(28)19-13-30-23(5,6)31-19/h11-12,15,19-20,25,27H,7-10,13H2,1-6H3/t19?,20-,32?/m1/s1. The van der Waals surface area contributed by atoms with E-state index in [4.69, 9.17) is 21.1 Å². The third-order valence-corrected chi connectivity index (χ3v) is 8.03. The van der Waals surface area contributed by atoms with E-state index in [-0.39, 0.29) is 30.2 Å². The molecule has 2 unspecified atom stereocenters. The topological polar surface area (TPSA) is 94.1 Å². The monoisotopic (exact) mass is 486 g/mol. The van der Waals surface area contributed by atoms with Crippen molar-refractivity contribution in [3.63, 3.8) is 0 Å². The Labute approximate surface area is 199 Å². The van der Waals surface area contributed by atoms with E-state index < -0.39 is 28.0 Å². The number of nitrogens with zero attached hydrogens (tertiary/aromatic N) is 1. The van der Waals surface area contributed by atoms with Crippen LogP contribution >= 0.6 is 11.6 Å². The highest BCUT2D eigenvalue weighted by molar-refractivity contribution is 7.90. The number of carbonyl (C=O) groups is 1. The maximum atomic E-state index is 13.0. The first-order chi connectivity index (χ1) is 14.8. The summed E-state index contributed by atoms with van der Waals surface area (Å²) in [4.78, 5) is 14.7. The van der Waals surface area contributed by atoms with Gasteiger partial charge in [0.25, 0.3) is 5.91 Å². The average molecular weight is 487 g/mol. The van der Waals surface area contributed by atoms with Gasteiger partial charge in [0.15, 0.2) is 11.9 Å². The molecule has 1 aromatic carbocycles. The van der Waals surface area contributed by atoms with Gasteiger partial charge in [-0.15, -0.1) is 4.72 Å². The van der Waals surface area contributed by atoms with Crippen LogP contribution in [-0.2, 0) is 25.6 Å². The molecular weight excluding hydrogens is 452 g/mol. The number of piperidine rings is 1. The molecule has 2 fully saturated rings. The smallest absolute Gasteiger partial charge is 0.254 e. The molecule has 2 N–H and O–H groups in total. The van der Waals surface area contributed by atoms with Gasteiger partial charge in [-0.25, -0.2) is 0 Å². The lowest BCUT2D eigenvalue weighted by Gasteiger charge is -2.38. The van der Waals surface area contributed by atoms with Gasteiger partial charge in [-0.2, -0.15) is 0 Å². The van der Waals surface area contributed by atoms with Crippen LogP contribution in [-0.4, -0.2) is 56.8 Å². The van der Waals surface area contributed by atoms with E-state index in [1.54, 1.807) is 19.9 Å². The molecule has 2 heterocycles. The van der Waals surface area contributed by atoms with Crippen LogP contribution in [0.3, 0.4) is 0 Å². The van der Waals surface area contributed by atoms with Gasteiger partial charge in [-0.05, 0) is 78.0 Å². The number of rotatable bonds is 5. The minimum absolute atomic E-state index is 0.0537. The third-order valence-electron chi connectivity index (χ3n) is 6.04. The lowest BCUT2D eigenvalue weighted by molar-refractivity contribution is -0.161. The minimum atomic E-state index is -1.33. The lowest BCUT2D eigenvalue weighted by Crippen LogP contribution is -2.48. The molecule has 1 aromatic rings. The molecule has 3 rings (SSSR count). The van der Waals surface area contributed by atoms with Crippen LogP contribution in [0.25, 0.3) is 0 Å². The van der Waals surface area contributed by atoms with Gasteiger partial charge < -0.3 is 24.0 Å². The summed E-state index contributed by atoms with van der Waals surface area (Å²) in [7, 11) is 0. The van der Waals surface area contributed by atoms with Crippen molar-refractivity contribution in [1.82, 2.24) is 9.62 Å². The molecule has 32 heavy (non-hydrogen) atoms. The Morgan fingerprint density at radius 2 is 1.97 bits per heavy atom. The lowest BCUT2D eigenvalue weighted by atomic mass is 9.85. The Kier molecular flexibility index (Phi) is 7.74. The fourth-order valence-corrected chi connectivity index (χ4v) is 5.18. The number of aryl methyl sites for hydroxylation is 1. The van der Waals surface area contributed by atoms with Crippen LogP contribution < -0.4 is 4.72 Å². The van der Waals surface area contributed by atoms with Gasteiger partial charge in [0.1, 0.15) is 10.5 Å². The van der Waals surface area contributed by atoms with Gasteiger partial charge >= 0.3 is 0 Å². The zero-order valence-corrected chi connectivity index (χ0v) is 21.3. The summed E-state index contributed by atoms with van der Waals surface area (Å²) in [6, 6.07) is 3.07. The van der Waals surface area contributed by atoms with Crippen molar-refractivity contribution in [3.8, 4) is 5.75 Å². The number of hydrogen-bond acceptors (Lipinski definition) is 6. The van der Waals surface area contributed by atoms with Crippen molar-refractivity contribution in [1.29, 1.82) is 0 Å². The van der Waals surface area contributed by atoms with Gasteiger partial charge in [0.2, 0.25) is 0 Å². The number of nitrogens with one attached hydrogen (secondary N) is 1. The molecule has 2 saturated heterocycles. The normalized spacial score (nSPS) is 23.9. The molecule has 1 amide bonds. The molecular formula is C23H35ClN2O5S.